The van der Waals surface area contributed by atoms with Crippen molar-refractivity contribution in [2.45, 2.75) is 0 Å². The Bertz CT molecular complexity index is 2820. The Balaban J connectivity index is 1.26. The van der Waals surface area contributed by atoms with Crippen molar-refractivity contribution in [2.24, 2.45) is 0 Å². The molecule has 9 aromatic rings. The van der Waals surface area contributed by atoms with Crippen molar-refractivity contribution in [1.82, 2.24) is 4.57 Å². The first kappa shape index (κ1) is 27.2. The smallest absolute Gasteiger partial charge is 0.174 e. The predicted molar refractivity (Wildman–Crippen MR) is 207 cm³/mol. The van der Waals surface area contributed by atoms with Gasteiger partial charge in [0.15, 0.2) is 11.5 Å². The summed E-state index contributed by atoms with van der Waals surface area (Å²) < 4.78 is 9.45. The Kier molecular flexibility index (Phi) is 5.63. The number of nitrogens with zero attached hydrogens (tertiary/aromatic N) is 2. The molecule has 0 spiro atoms. The number of fused-ring (bicyclic) bond motifs is 5. The largest absolute Gasteiger partial charge is 0.450 e. The van der Waals surface area contributed by atoms with Crippen molar-refractivity contribution in [3.8, 4) is 39.4 Å². The zero-order valence-corrected chi connectivity index (χ0v) is 27.0. The van der Waals surface area contributed by atoms with Crippen molar-refractivity contribution >= 4 is 61.0 Å². The fourth-order valence-corrected chi connectivity index (χ4v) is 8.12. The molecule has 11 rings (SSSR count). The number of benzene rings is 8. The Hall–Kier alpha value is -6.78. The number of rotatable bonds is 3. The molecule has 0 radical (unpaired) electrons. The molecule has 0 saturated carbocycles. The molecule has 0 aliphatic carbocycles. The summed E-state index contributed by atoms with van der Waals surface area (Å²) in [7, 11) is 0. The highest BCUT2D eigenvalue weighted by atomic mass is 16.5. The molecular formula is C46H29N3O. The lowest BCUT2D eigenvalue weighted by atomic mass is 9.89. The van der Waals surface area contributed by atoms with Crippen LogP contribution in [-0.2, 0) is 0 Å². The normalized spacial score (nSPS) is 12.7. The Morgan fingerprint density at radius 2 is 1.10 bits per heavy atom. The summed E-state index contributed by atoms with van der Waals surface area (Å²) in [5.74, 6) is 1.68. The molecule has 50 heavy (non-hydrogen) atoms. The van der Waals surface area contributed by atoms with Gasteiger partial charge in [-0.25, -0.2) is 0 Å². The van der Waals surface area contributed by atoms with Gasteiger partial charge in [0.05, 0.1) is 28.1 Å². The van der Waals surface area contributed by atoms with Crippen molar-refractivity contribution in [3.05, 3.63) is 170 Å². The minimum Gasteiger partial charge on any atom is -0.450 e. The minimum absolute atomic E-state index is 0.819. The van der Waals surface area contributed by atoms with Gasteiger partial charge < -0.3 is 19.5 Å². The van der Waals surface area contributed by atoms with Gasteiger partial charge in [0.25, 0.3) is 0 Å². The number of hydrogen-bond acceptors (Lipinski definition) is 3. The number of anilines is 5. The van der Waals surface area contributed by atoms with E-state index < -0.39 is 0 Å². The molecule has 2 aliphatic rings. The summed E-state index contributed by atoms with van der Waals surface area (Å²) in [6.45, 7) is 0. The zero-order chi connectivity index (χ0) is 32.8. The molecule has 0 amide bonds. The lowest BCUT2D eigenvalue weighted by Crippen LogP contribution is -2.17. The molecular weight excluding hydrogens is 611 g/mol. The molecule has 1 aromatic heterocycles. The first-order valence-corrected chi connectivity index (χ1v) is 17.0. The van der Waals surface area contributed by atoms with Crippen LogP contribution in [0.3, 0.4) is 0 Å². The quantitative estimate of drug-likeness (QED) is 0.209. The van der Waals surface area contributed by atoms with Gasteiger partial charge in [0.2, 0.25) is 0 Å². The maximum absolute atomic E-state index is 7.08. The predicted octanol–water partition coefficient (Wildman–Crippen LogP) is 12.9. The Morgan fingerprint density at radius 3 is 1.98 bits per heavy atom. The van der Waals surface area contributed by atoms with E-state index in [1.165, 1.54) is 21.8 Å². The van der Waals surface area contributed by atoms with Crippen LogP contribution in [0.4, 0.5) is 28.4 Å². The number of ether oxygens (including phenoxy) is 1. The van der Waals surface area contributed by atoms with Crippen LogP contribution in [0.15, 0.2) is 170 Å². The van der Waals surface area contributed by atoms with Crippen LogP contribution >= 0.6 is 0 Å². The zero-order valence-electron chi connectivity index (χ0n) is 27.0. The van der Waals surface area contributed by atoms with Gasteiger partial charge >= 0.3 is 0 Å². The maximum atomic E-state index is 7.08. The molecule has 1 N–H and O–H groups in total. The molecule has 8 aromatic carbocycles. The van der Waals surface area contributed by atoms with Crippen molar-refractivity contribution in [2.75, 3.05) is 10.2 Å². The summed E-state index contributed by atoms with van der Waals surface area (Å²) in [4.78, 5) is 2.36. The number of para-hydroxylation sites is 5. The second-order valence-corrected chi connectivity index (χ2v) is 13.0. The van der Waals surface area contributed by atoms with Crippen LogP contribution in [0, 0.1) is 0 Å². The van der Waals surface area contributed by atoms with E-state index in [9.17, 15) is 0 Å². The van der Waals surface area contributed by atoms with Crippen LogP contribution in [0.25, 0.3) is 60.5 Å². The first-order chi connectivity index (χ1) is 24.8. The number of hydrogen-bond donors (Lipinski definition) is 1. The van der Waals surface area contributed by atoms with Crippen LogP contribution < -0.4 is 15.0 Å². The lowest BCUT2D eigenvalue weighted by molar-refractivity contribution is 0.485. The summed E-state index contributed by atoms with van der Waals surface area (Å²) >= 11 is 0. The van der Waals surface area contributed by atoms with Gasteiger partial charge in [0.1, 0.15) is 0 Å². The van der Waals surface area contributed by atoms with Crippen LogP contribution in [-0.4, -0.2) is 4.57 Å². The second-order valence-electron chi connectivity index (χ2n) is 13.0. The van der Waals surface area contributed by atoms with Gasteiger partial charge in [-0.3, -0.25) is 0 Å². The highest BCUT2D eigenvalue weighted by Crippen LogP contribution is 2.59. The highest BCUT2D eigenvalue weighted by Gasteiger charge is 2.33. The second kappa shape index (κ2) is 10.4. The van der Waals surface area contributed by atoms with Crippen molar-refractivity contribution in [3.63, 3.8) is 0 Å². The van der Waals surface area contributed by atoms with Crippen LogP contribution in [0.2, 0.25) is 0 Å². The van der Waals surface area contributed by atoms with Crippen LogP contribution in [0.5, 0.6) is 11.5 Å². The third-order valence-electron chi connectivity index (χ3n) is 10.3. The van der Waals surface area contributed by atoms with Gasteiger partial charge in [-0.2, -0.15) is 0 Å². The molecule has 234 valence electrons. The van der Waals surface area contributed by atoms with Gasteiger partial charge in [-0.15, -0.1) is 0 Å². The molecule has 0 fully saturated rings. The molecule has 4 nitrogen and oxygen atoms in total. The average molecular weight is 640 g/mol. The van der Waals surface area contributed by atoms with E-state index >= 15 is 0 Å². The van der Waals surface area contributed by atoms with Gasteiger partial charge in [-0.1, -0.05) is 103 Å². The summed E-state index contributed by atoms with van der Waals surface area (Å²) in [5, 5.41) is 8.46. The van der Waals surface area contributed by atoms with E-state index in [0.29, 0.717) is 0 Å². The third kappa shape index (κ3) is 3.81. The summed E-state index contributed by atoms with van der Waals surface area (Å²) in [6.07, 6.45) is 0. The summed E-state index contributed by atoms with van der Waals surface area (Å²) in [5.41, 5.74) is 13.2. The van der Waals surface area contributed by atoms with E-state index in [1.807, 2.05) is 0 Å². The Morgan fingerprint density at radius 1 is 0.420 bits per heavy atom. The Labute approximate surface area is 289 Å². The molecule has 3 heterocycles. The summed E-state index contributed by atoms with van der Waals surface area (Å²) in [6, 6.07) is 60.8. The standard InChI is InChI=1S/C46H29N3O/c1-3-13-30(14-4-1)48-40-23-10-8-18-33(40)37-27-29(25-26-41(37)48)36-28-43-46-44-34(19-11-20-35(36)44)32-17-7-9-21-38(32)47-39-22-12-24-42(45(39)50-46)49(43)31-15-5-2-6-16-31/h1-28,47H. The molecule has 2 bridgehead atoms. The van der Waals surface area contributed by atoms with E-state index in [2.05, 4.69) is 185 Å². The molecule has 2 aliphatic heterocycles. The number of nitrogens with one attached hydrogen (secondary N) is 1. The van der Waals surface area contributed by atoms with Gasteiger partial charge in [0, 0.05) is 38.8 Å². The van der Waals surface area contributed by atoms with E-state index in [-0.39, 0.29) is 0 Å². The maximum Gasteiger partial charge on any atom is 0.174 e. The van der Waals surface area contributed by atoms with E-state index in [4.69, 9.17) is 4.74 Å². The molecule has 0 atom stereocenters. The third-order valence-corrected chi connectivity index (χ3v) is 10.3. The fourth-order valence-electron chi connectivity index (χ4n) is 8.12. The molecule has 0 unspecified atom stereocenters. The monoisotopic (exact) mass is 639 g/mol. The van der Waals surface area contributed by atoms with Crippen molar-refractivity contribution in [1.29, 1.82) is 0 Å². The molecule has 0 saturated heterocycles. The van der Waals surface area contributed by atoms with E-state index in [0.717, 1.165) is 78.6 Å². The molecule has 4 heteroatoms. The van der Waals surface area contributed by atoms with E-state index in [1.54, 1.807) is 0 Å². The minimum atomic E-state index is 0.819. The highest BCUT2D eigenvalue weighted by molar-refractivity contribution is 6.16. The SMILES string of the molecule is c1ccc(N2c3cccc4c3Oc3c2cc(-c2ccc5c(c2)c2ccccc2n5-c2ccccc2)c2cccc(c32)-c2ccccc2N4)cc1. The fraction of sp³-hybridized carbons (Fsp3) is 0. The van der Waals surface area contributed by atoms with Gasteiger partial charge in [-0.05, 0) is 88.8 Å². The van der Waals surface area contributed by atoms with Crippen LogP contribution in [0.1, 0.15) is 0 Å². The first-order valence-electron chi connectivity index (χ1n) is 17.0. The topological polar surface area (TPSA) is 29.4 Å². The number of aromatic nitrogens is 1. The lowest BCUT2D eigenvalue weighted by Gasteiger charge is -2.35. The van der Waals surface area contributed by atoms with Crippen molar-refractivity contribution < 1.29 is 4.74 Å². The average Bonchev–Trinajstić information content (AvgIpc) is 3.53.